The van der Waals surface area contributed by atoms with E-state index in [4.69, 9.17) is 0 Å². The third-order valence-corrected chi connectivity index (χ3v) is 5.32. The van der Waals surface area contributed by atoms with Crippen molar-refractivity contribution >= 4 is 18.2 Å². The number of unbranched alkanes of at least 4 members (excludes halogenated alkanes) is 12. The van der Waals surface area contributed by atoms with E-state index in [1.54, 1.807) is 0 Å². The van der Waals surface area contributed by atoms with Crippen molar-refractivity contribution in [3.63, 3.8) is 0 Å². The fourth-order valence-corrected chi connectivity index (χ4v) is 3.64. The van der Waals surface area contributed by atoms with E-state index in [-0.39, 0.29) is 12.4 Å². The molecule has 0 aromatic rings. The van der Waals surface area contributed by atoms with Crippen molar-refractivity contribution in [3.05, 3.63) is 12.2 Å². The van der Waals surface area contributed by atoms with Crippen molar-refractivity contribution in [2.45, 2.75) is 110 Å². The Morgan fingerprint density at radius 1 is 0.769 bits per heavy atom. The normalized spacial score (nSPS) is 14.1. The molecule has 1 rings (SSSR count). The van der Waals surface area contributed by atoms with Crippen molar-refractivity contribution in [3.8, 4) is 0 Å². The highest BCUT2D eigenvalue weighted by molar-refractivity contribution is 5.85. The molecule has 0 atom stereocenters. The highest BCUT2D eigenvalue weighted by Gasteiger charge is 2.13. The summed E-state index contributed by atoms with van der Waals surface area (Å²) in [4.78, 5) is 7.07. The molecule has 0 aliphatic carbocycles. The monoisotopic (exact) mass is 384 g/mol. The van der Waals surface area contributed by atoms with Crippen LogP contribution in [0.2, 0.25) is 0 Å². The first-order valence-electron chi connectivity index (χ1n) is 11.3. The molecule has 3 heteroatoms. The minimum atomic E-state index is 0. The molecule has 0 saturated heterocycles. The van der Waals surface area contributed by atoms with Crippen LogP contribution >= 0.6 is 12.4 Å². The van der Waals surface area contributed by atoms with Crippen molar-refractivity contribution in [1.29, 1.82) is 0 Å². The van der Waals surface area contributed by atoms with Crippen LogP contribution in [0.4, 0.5) is 0 Å². The van der Waals surface area contributed by atoms with E-state index >= 15 is 0 Å². The molecular weight excluding hydrogens is 340 g/mol. The quantitative estimate of drug-likeness (QED) is 0.186. The molecule has 0 spiro atoms. The van der Waals surface area contributed by atoms with Crippen LogP contribution in [0.1, 0.15) is 110 Å². The Labute approximate surface area is 170 Å². The van der Waals surface area contributed by atoms with Gasteiger partial charge in [0.1, 0.15) is 0 Å². The molecule has 0 fully saturated rings. The fraction of sp³-hybridized carbons (Fsp3) is 0.870. The van der Waals surface area contributed by atoms with Gasteiger partial charge in [0.25, 0.3) is 0 Å². The average molecular weight is 385 g/mol. The van der Waals surface area contributed by atoms with Gasteiger partial charge in [0.15, 0.2) is 0 Å². The molecule has 0 amide bonds. The largest absolute Gasteiger partial charge is 0.359 e. The average Bonchev–Trinajstić information content (AvgIpc) is 3.09. The van der Waals surface area contributed by atoms with Gasteiger partial charge in [-0.2, -0.15) is 0 Å². The van der Waals surface area contributed by atoms with E-state index in [1.807, 2.05) is 0 Å². The molecule has 0 N–H and O–H groups in total. The third kappa shape index (κ3) is 13.7. The van der Waals surface area contributed by atoms with Crippen LogP contribution < -0.4 is 0 Å². The van der Waals surface area contributed by atoms with Crippen molar-refractivity contribution < 1.29 is 0 Å². The first-order valence-corrected chi connectivity index (χ1v) is 11.3. The molecule has 1 aliphatic rings. The molecular formula is C23H45ClN2. The Balaban J connectivity index is 0.00000625. The Morgan fingerprint density at radius 2 is 1.31 bits per heavy atom. The van der Waals surface area contributed by atoms with Crippen LogP contribution in [0.25, 0.3) is 0 Å². The number of hydrogen-bond acceptors (Lipinski definition) is 2. The summed E-state index contributed by atoms with van der Waals surface area (Å²) in [5.41, 5.74) is 0. The summed E-state index contributed by atoms with van der Waals surface area (Å²) in [5.74, 6) is 1.37. The molecule has 1 heterocycles. The molecule has 0 aromatic carbocycles. The maximum absolute atomic E-state index is 4.63. The zero-order valence-corrected chi connectivity index (χ0v) is 18.5. The lowest BCUT2D eigenvalue weighted by Gasteiger charge is -2.17. The highest BCUT2D eigenvalue weighted by atomic mass is 35.5. The van der Waals surface area contributed by atoms with Crippen LogP contribution in [0.5, 0.6) is 0 Å². The number of allylic oxidation sites excluding steroid dienone is 2. The SMILES string of the molecule is CCCCCCCCC=CCCCCCCCCC1=NCCN1CC.Cl. The van der Waals surface area contributed by atoms with Gasteiger partial charge in [-0.05, 0) is 39.0 Å². The summed E-state index contributed by atoms with van der Waals surface area (Å²) in [5, 5.41) is 0. The van der Waals surface area contributed by atoms with E-state index in [9.17, 15) is 0 Å². The third-order valence-electron chi connectivity index (χ3n) is 5.32. The summed E-state index contributed by atoms with van der Waals surface area (Å²) in [7, 11) is 0. The van der Waals surface area contributed by atoms with Crippen LogP contribution in [0.3, 0.4) is 0 Å². The number of nitrogens with zero attached hydrogens (tertiary/aromatic N) is 2. The van der Waals surface area contributed by atoms with Gasteiger partial charge in [0.2, 0.25) is 0 Å². The summed E-state index contributed by atoms with van der Waals surface area (Å²) >= 11 is 0. The number of rotatable bonds is 17. The molecule has 2 nitrogen and oxygen atoms in total. The van der Waals surface area contributed by atoms with Crippen molar-refractivity contribution in [2.75, 3.05) is 19.6 Å². The minimum Gasteiger partial charge on any atom is -0.359 e. The standard InChI is InChI=1S/C23H44N2.ClH/c1-3-5-6-7-8-9-10-11-12-13-14-15-16-17-18-19-20-23-24-21-22-25(23)4-2;/h11-12H,3-10,13-22H2,1-2H3;1H. The molecule has 0 unspecified atom stereocenters. The van der Waals surface area contributed by atoms with Gasteiger partial charge in [-0.1, -0.05) is 76.9 Å². The van der Waals surface area contributed by atoms with E-state index in [0.29, 0.717) is 0 Å². The fourth-order valence-electron chi connectivity index (χ4n) is 3.64. The molecule has 26 heavy (non-hydrogen) atoms. The molecule has 0 saturated carbocycles. The lowest BCUT2D eigenvalue weighted by Crippen LogP contribution is -2.27. The van der Waals surface area contributed by atoms with Crippen molar-refractivity contribution in [1.82, 2.24) is 4.90 Å². The maximum atomic E-state index is 4.63. The summed E-state index contributed by atoms with van der Waals surface area (Å²) < 4.78 is 0. The number of hydrogen-bond donors (Lipinski definition) is 0. The van der Waals surface area contributed by atoms with Crippen LogP contribution in [-0.2, 0) is 0 Å². The van der Waals surface area contributed by atoms with E-state index < -0.39 is 0 Å². The Kier molecular flexibility index (Phi) is 18.9. The Bertz CT molecular complexity index is 352. The maximum Gasteiger partial charge on any atom is 0.0990 e. The van der Waals surface area contributed by atoms with Gasteiger partial charge >= 0.3 is 0 Å². The molecule has 0 radical (unpaired) electrons. The lowest BCUT2D eigenvalue weighted by molar-refractivity contribution is 0.470. The lowest BCUT2D eigenvalue weighted by atomic mass is 10.1. The van der Waals surface area contributed by atoms with Gasteiger partial charge in [0, 0.05) is 19.5 Å². The second-order valence-corrected chi connectivity index (χ2v) is 7.57. The highest BCUT2D eigenvalue weighted by Crippen LogP contribution is 2.13. The van der Waals surface area contributed by atoms with Crippen LogP contribution in [0, 0.1) is 0 Å². The van der Waals surface area contributed by atoms with Crippen molar-refractivity contribution in [2.24, 2.45) is 4.99 Å². The Morgan fingerprint density at radius 3 is 1.88 bits per heavy atom. The zero-order chi connectivity index (χ0) is 18.0. The smallest absolute Gasteiger partial charge is 0.0990 e. The number of halogens is 1. The molecule has 0 aromatic heterocycles. The topological polar surface area (TPSA) is 15.6 Å². The van der Waals surface area contributed by atoms with E-state index in [2.05, 4.69) is 35.9 Å². The van der Waals surface area contributed by atoms with E-state index in [0.717, 1.165) is 19.6 Å². The predicted molar refractivity (Wildman–Crippen MR) is 121 cm³/mol. The summed E-state index contributed by atoms with van der Waals surface area (Å²) in [6, 6.07) is 0. The van der Waals surface area contributed by atoms with Gasteiger partial charge in [-0.3, -0.25) is 4.99 Å². The van der Waals surface area contributed by atoms with Gasteiger partial charge in [-0.25, -0.2) is 0 Å². The Hall–Kier alpha value is -0.500. The van der Waals surface area contributed by atoms with Gasteiger partial charge in [-0.15, -0.1) is 12.4 Å². The number of likely N-dealkylation sites (N-methyl/N-ethyl adjacent to an activating group) is 1. The first kappa shape index (κ1) is 25.5. The second-order valence-electron chi connectivity index (χ2n) is 7.57. The van der Waals surface area contributed by atoms with Gasteiger partial charge < -0.3 is 4.90 Å². The van der Waals surface area contributed by atoms with Crippen LogP contribution in [-0.4, -0.2) is 30.4 Å². The number of aliphatic imine (C=N–C) groups is 1. The zero-order valence-electron chi connectivity index (χ0n) is 17.7. The minimum absolute atomic E-state index is 0. The molecule has 1 aliphatic heterocycles. The molecule has 154 valence electrons. The van der Waals surface area contributed by atoms with Crippen LogP contribution in [0.15, 0.2) is 17.1 Å². The summed E-state index contributed by atoms with van der Waals surface area (Å²) in [6.45, 7) is 7.83. The molecule has 0 bridgehead atoms. The predicted octanol–water partition coefficient (Wildman–Crippen LogP) is 7.57. The summed E-state index contributed by atoms with van der Waals surface area (Å²) in [6.07, 6.45) is 25.4. The van der Waals surface area contributed by atoms with E-state index in [1.165, 1.54) is 102 Å². The first-order chi connectivity index (χ1) is 12.4. The van der Waals surface area contributed by atoms with Gasteiger partial charge in [0.05, 0.1) is 12.4 Å². The second kappa shape index (κ2) is 19.3. The number of amidine groups is 1.